The number of aromatic amines is 1. The zero-order chi connectivity index (χ0) is 14.9. The van der Waals surface area contributed by atoms with Crippen LogP contribution in [0.4, 0.5) is 4.39 Å². The highest BCUT2D eigenvalue weighted by Crippen LogP contribution is 2.30. The minimum absolute atomic E-state index is 0.0757. The van der Waals surface area contributed by atoms with Gasteiger partial charge in [-0.15, -0.1) is 0 Å². The molecule has 4 rings (SSSR count). The summed E-state index contributed by atoms with van der Waals surface area (Å²) in [4.78, 5) is 2.40. The van der Waals surface area contributed by atoms with Gasteiger partial charge in [-0.3, -0.25) is 10.00 Å². The standard InChI is InChI=1S/C18H18FN3/c19-17-4-2-1-3-16(17)15-7-8-22(12-15)11-13-5-6-14-10-20-21-18(14)9-13/h1-6,9-10,15H,7-8,11-12H2,(H,20,21). The SMILES string of the molecule is Fc1ccccc1C1CCN(Cc2ccc3cn[nH]c3c2)C1. The van der Waals surface area contributed by atoms with Crippen LogP contribution in [0.15, 0.2) is 48.7 Å². The van der Waals surface area contributed by atoms with Gasteiger partial charge in [-0.2, -0.15) is 5.10 Å². The minimum atomic E-state index is -0.0757. The third-order valence-corrected chi connectivity index (χ3v) is 4.53. The highest BCUT2D eigenvalue weighted by atomic mass is 19.1. The molecule has 1 aromatic heterocycles. The number of aromatic nitrogens is 2. The van der Waals surface area contributed by atoms with E-state index in [-0.39, 0.29) is 5.82 Å². The van der Waals surface area contributed by atoms with E-state index in [1.165, 1.54) is 5.56 Å². The fourth-order valence-electron chi connectivity index (χ4n) is 3.38. The number of likely N-dealkylation sites (tertiary alicyclic amines) is 1. The second-order valence-corrected chi connectivity index (χ2v) is 6.03. The van der Waals surface area contributed by atoms with E-state index in [0.717, 1.165) is 42.5 Å². The monoisotopic (exact) mass is 295 g/mol. The van der Waals surface area contributed by atoms with Gasteiger partial charge < -0.3 is 0 Å². The van der Waals surface area contributed by atoms with Gasteiger partial charge in [0.05, 0.1) is 11.7 Å². The van der Waals surface area contributed by atoms with E-state index < -0.39 is 0 Å². The number of fused-ring (bicyclic) bond motifs is 1. The normalized spacial score (nSPS) is 19.0. The lowest BCUT2D eigenvalue weighted by Gasteiger charge is -2.16. The van der Waals surface area contributed by atoms with Crippen molar-refractivity contribution in [2.45, 2.75) is 18.9 Å². The number of benzene rings is 2. The molecular formula is C18H18FN3. The largest absolute Gasteiger partial charge is 0.298 e. The Hall–Kier alpha value is -2.20. The average molecular weight is 295 g/mol. The number of nitrogens with one attached hydrogen (secondary N) is 1. The molecule has 1 fully saturated rings. The van der Waals surface area contributed by atoms with Crippen molar-refractivity contribution in [2.24, 2.45) is 0 Å². The van der Waals surface area contributed by atoms with Crippen molar-refractivity contribution in [2.75, 3.05) is 13.1 Å². The van der Waals surface area contributed by atoms with Gasteiger partial charge in [-0.25, -0.2) is 4.39 Å². The molecule has 2 aromatic carbocycles. The Morgan fingerprint density at radius 3 is 3.05 bits per heavy atom. The molecule has 1 unspecified atom stereocenters. The zero-order valence-corrected chi connectivity index (χ0v) is 12.3. The predicted molar refractivity (Wildman–Crippen MR) is 85.1 cm³/mol. The van der Waals surface area contributed by atoms with Crippen molar-refractivity contribution in [1.82, 2.24) is 15.1 Å². The summed E-state index contributed by atoms with van der Waals surface area (Å²) in [5, 5.41) is 8.20. The molecule has 0 aliphatic carbocycles. The third kappa shape index (κ3) is 2.50. The van der Waals surface area contributed by atoms with Crippen molar-refractivity contribution >= 4 is 10.9 Å². The van der Waals surface area contributed by atoms with Crippen molar-refractivity contribution < 1.29 is 4.39 Å². The van der Waals surface area contributed by atoms with Crippen molar-refractivity contribution in [3.63, 3.8) is 0 Å². The van der Waals surface area contributed by atoms with E-state index in [4.69, 9.17) is 0 Å². The van der Waals surface area contributed by atoms with E-state index in [1.807, 2.05) is 18.3 Å². The maximum Gasteiger partial charge on any atom is 0.126 e. The Balaban J connectivity index is 1.47. The van der Waals surface area contributed by atoms with Crippen LogP contribution < -0.4 is 0 Å². The summed E-state index contributed by atoms with van der Waals surface area (Å²) in [7, 11) is 0. The molecule has 1 N–H and O–H groups in total. The Kier molecular flexibility index (Phi) is 3.39. The molecule has 0 saturated carbocycles. The van der Waals surface area contributed by atoms with E-state index >= 15 is 0 Å². The van der Waals surface area contributed by atoms with Crippen LogP contribution in [-0.4, -0.2) is 28.2 Å². The summed E-state index contributed by atoms with van der Waals surface area (Å²) in [6.45, 7) is 2.84. The maximum atomic E-state index is 13.9. The first kappa shape index (κ1) is 13.5. The molecule has 0 amide bonds. The fourth-order valence-corrected chi connectivity index (χ4v) is 3.38. The van der Waals surface area contributed by atoms with Gasteiger partial charge >= 0.3 is 0 Å². The Morgan fingerprint density at radius 1 is 1.23 bits per heavy atom. The maximum absolute atomic E-state index is 13.9. The van der Waals surface area contributed by atoms with E-state index in [0.29, 0.717) is 5.92 Å². The highest BCUT2D eigenvalue weighted by Gasteiger charge is 2.25. The molecule has 3 nitrogen and oxygen atoms in total. The first-order valence-corrected chi connectivity index (χ1v) is 7.68. The van der Waals surface area contributed by atoms with Crippen LogP contribution in [0.3, 0.4) is 0 Å². The highest BCUT2D eigenvalue weighted by molar-refractivity contribution is 5.78. The molecule has 1 atom stereocenters. The first-order chi connectivity index (χ1) is 10.8. The van der Waals surface area contributed by atoms with E-state index in [1.54, 1.807) is 12.1 Å². The Labute approximate surface area is 128 Å². The van der Waals surface area contributed by atoms with Gasteiger partial charge in [0.2, 0.25) is 0 Å². The van der Waals surface area contributed by atoms with Crippen LogP contribution in [0.2, 0.25) is 0 Å². The summed E-state index contributed by atoms with van der Waals surface area (Å²) in [5.41, 5.74) is 3.20. The summed E-state index contributed by atoms with van der Waals surface area (Å²) in [6.07, 6.45) is 2.86. The third-order valence-electron chi connectivity index (χ3n) is 4.53. The Bertz CT molecular complexity index is 796. The quantitative estimate of drug-likeness (QED) is 0.799. The summed E-state index contributed by atoms with van der Waals surface area (Å²) in [5.74, 6) is 0.227. The minimum Gasteiger partial charge on any atom is -0.298 e. The van der Waals surface area contributed by atoms with Gasteiger partial charge in [0, 0.05) is 24.4 Å². The first-order valence-electron chi connectivity index (χ1n) is 7.68. The predicted octanol–water partition coefficient (Wildman–Crippen LogP) is 3.69. The van der Waals surface area contributed by atoms with Crippen LogP contribution in [-0.2, 0) is 6.54 Å². The number of hydrogen-bond acceptors (Lipinski definition) is 2. The second kappa shape index (κ2) is 5.54. The molecule has 112 valence electrons. The Morgan fingerprint density at radius 2 is 2.14 bits per heavy atom. The van der Waals surface area contributed by atoms with Gasteiger partial charge in [0.25, 0.3) is 0 Å². The van der Waals surface area contributed by atoms with Crippen molar-refractivity contribution in [3.05, 3.63) is 65.6 Å². The molecule has 1 aliphatic rings. The summed E-state index contributed by atoms with van der Waals surface area (Å²) in [6, 6.07) is 13.5. The fraction of sp³-hybridized carbons (Fsp3) is 0.278. The van der Waals surface area contributed by atoms with Gasteiger partial charge in [0.15, 0.2) is 0 Å². The van der Waals surface area contributed by atoms with Gasteiger partial charge in [-0.05, 0) is 36.2 Å². The van der Waals surface area contributed by atoms with Crippen LogP contribution in [0.1, 0.15) is 23.5 Å². The molecule has 0 bridgehead atoms. The second-order valence-electron chi connectivity index (χ2n) is 6.03. The van der Waals surface area contributed by atoms with Crippen LogP contribution in [0, 0.1) is 5.82 Å². The summed E-state index contributed by atoms with van der Waals surface area (Å²) < 4.78 is 13.9. The molecular weight excluding hydrogens is 277 g/mol. The van der Waals surface area contributed by atoms with E-state index in [9.17, 15) is 4.39 Å². The number of H-pyrrole nitrogens is 1. The van der Waals surface area contributed by atoms with Crippen LogP contribution in [0.25, 0.3) is 10.9 Å². The van der Waals surface area contributed by atoms with Gasteiger partial charge in [-0.1, -0.05) is 30.3 Å². The van der Waals surface area contributed by atoms with E-state index in [2.05, 4.69) is 33.3 Å². The zero-order valence-electron chi connectivity index (χ0n) is 12.3. The van der Waals surface area contributed by atoms with Crippen molar-refractivity contribution in [3.8, 4) is 0 Å². The molecule has 0 spiro atoms. The lowest BCUT2D eigenvalue weighted by Crippen LogP contribution is -2.19. The number of hydrogen-bond donors (Lipinski definition) is 1. The molecule has 3 aromatic rings. The molecule has 1 saturated heterocycles. The molecule has 4 heteroatoms. The van der Waals surface area contributed by atoms with Gasteiger partial charge in [0.1, 0.15) is 5.82 Å². The number of halogens is 1. The molecule has 2 heterocycles. The molecule has 1 aliphatic heterocycles. The topological polar surface area (TPSA) is 31.9 Å². The summed E-state index contributed by atoms with van der Waals surface area (Å²) >= 11 is 0. The van der Waals surface area contributed by atoms with Crippen LogP contribution in [0.5, 0.6) is 0 Å². The molecule has 0 radical (unpaired) electrons. The lowest BCUT2D eigenvalue weighted by atomic mass is 9.98. The molecule has 22 heavy (non-hydrogen) atoms. The van der Waals surface area contributed by atoms with Crippen LogP contribution >= 0.6 is 0 Å². The smallest absolute Gasteiger partial charge is 0.126 e. The van der Waals surface area contributed by atoms with Crippen molar-refractivity contribution in [1.29, 1.82) is 0 Å². The average Bonchev–Trinajstić information content (AvgIpc) is 3.16. The number of rotatable bonds is 3. The number of nitrogens with zero attached hydrogens (tertiary/aromatic N) is 2. The lowest BCUT2D eigenvalue weighted by molar-refractivity contribution is 0.326.